The Labute approximate surface area is 193 Å². The largest absolute Gasteiger partial charge is 0.482 e. The second-order valence-electron chi connectivity index (χ2n) is 6.42. The molecule has 1 amide bonds. The molecule has 8 heteroatoms. The van der Waals surface area contributed by atoms with E-state index in [2.05, 4.69) is 26.5 Å². The zero-order valence-electron chi connectivity index (χ0n) is 16.5. The van der Waals surface area contributed by atoms with Crippen LogP contribution in [0.1, 0.15) is 21.5 Å². The zero-order valence-corrected chi connectivity index (χ0v) is 18.8. The fourth-order valence-electron chi connectivity index (χ4n) is 2.57. The first kappa shape index (κ1) is 22.5. The zero-order chi connectivity index (χ0) is 22.2. The molecule has 0 bridgehead atoms. The number of esters is 1. The van der Waals surface area contributed by atoms with Crippen molar-refractivity contribution in [1.29, 1.82) is 0 Å². The van der Waals surface area contributed by atoms with Gasteiger partial charge in [0.2, 0.25) is 0 Å². The van der Waals surface area contributed by atoms with Crippen LogP contribution < -0.4 is 14.9 Å². The van der Waals surface area contributed by atoms with Gasteiger partial charge in [0.25, 0.3) is 5.91 Å². The number of carbonyl (C=O) groups excluding carboxylic acids is 2. The van der Waals surface area contributed by atoms with Crippen molar-refractivity contribution in [1.82, 2.24) is 5.43 Å². The number of nitrogens with one attached hydrogen (secondary N) is 1. The summed E-state index contributed by atoms with van der Waals surface area (Å²) in [6, 6.07) is 18.9. The van der Waals surface area contributed by atoms with E-state index in [1.807, 2.05) is 13.0 Å². The first-order valence-corrected chi connectivity index (χ1v) is 10.4. The van der Waals surface area contributed by atoms with Gasteiger partial charge in [-0.15, -0.1) is 0 Å². The highest BCUT2D eigenvalue weighted by Gasteiger charge is 2.09. The van der Waals surface area contributed by atoms with Crippen LogP contribution in [0.15, 0.2) is 76.3 Å². The molecule has 0 saturated heterocycles. The first-order chi connectivity index (χ1) is 14.9. The smallest absolute Gasteiger partial charge is 0.349 e. The van der Waals surface area contributed by atoms with Crippen LogP contribution in [0.2, 0.25) is 5.02 Å². The van der Waals surface area contributed by atoms with Gasteiger partial charge < -0.3 is 9.47 Å². The number of hydrazone groups is 1. The summed E-state index contributed by atoms with van der Waals surface area (Å²) in [5.41, 5.74) is 4.50. The molecule has 0 unspecified atom stereocenters. The summed E-state index contributed by atoms with van der Waals surface area (Å²) < 4.78 is 11.4. The van der Waals surface area contributed by atoms with Crippen molar-refractivity contribution < 1.29 is 19.1 Å². The number of carbonyl (C=O) groups is 2. The van der Waals surface area contributed by atoms with Gasteiger partial charge in [0, 0.05) is 9.50 Å². The third-order valence-electron chi connectivity index (χ3n) is 4.09. The molecule has 3 aromatic carbocycles. The van der Waals surface area contributed by atoms with Crippen molar-refractivity contribution in [3.63, 3.8) is 0 Å². The van der Waals surface area contributed by atoms with E-state index in [1.165, 1.54) is 6.21 Å². The summed E-state index contributed by atoms with van der Waals surface area (Å²) in [5, 5.41) is 4.55. The van der Waals surface area contributed by atoms with Gasteiger partial charge in [-0.2, -0.15) is 5.10 Å². The summed E-state index contributed by atoms with van der Waals surface area (Å²) in [6.45, 7) is 1.61. The van der Waals surface area contributed by atoms with Gasteiger partial charge in [0.15, 0.2) is 6.61 Å². The summed E-state index contributed by atoms with van der Waals surface area (Å²) in [7, 11) is 0. The lowest BCUT2D eigenvalue weighted by molar-refractivity contribution is -0.136. The van der Waals surface area contributed by atoms with Gasteiger partial charge >= 0.3 is 5.97 Å². The number of hydrogen-bond donors (Lipinski definition) is 1. The molecule has 0 aliphatic carbocycles. The minimum Gasteiger partial charge on any atom is -0.482 e. The average Bonchev–Trinajstić information content (AvgIpc) is 2.74. The Kier molecular flexibility index (Phi) is 7.81. The maximum Gasteiger partial charge on any atom is 0.349 e. The normalized spacial score (nSPS) is 10.7. The van der Waals surface area contributed by atoms with Gasteiger partial charge in [-0.05, 0) is 88.6 Å². The molecule has 0 aliphatic heterocycles. The van der Waals surface area contributed by atoms with Crippen LogP contribution in [0.25, 0.3) is 0 Å². The molecule has 6 nitrogen and oxygen atoms in total. The summed E-state index contributed by atoms with van der Waals surface area (Å²) in [5.74, 6) is 0.0787. The monoisotopic (exact) mass is 500 g/mol. The number of benzene rings is 3. The molecule has 0 fully saturated rings. The lowest BCUT2D eigenvalue weighted by Crippen LogP contribution is -2.18. The van der Waals surface area contributed by atoms with Gasteiger partial charge in [0.05, 0.1) is 11.8 Å². The molecule has 0 radical (unpaired) electrons. The third kappa shape index (κ3) is 6.67. The number of amides is 1. The molecule has 3 aromatic rings. The van der Waals surface area contributed by atoms with Crippen LogP contribution in [0.4, 0.5) is 0 Å². The Morgan fingerprint density at radius 1 is 1.10 bits per heavy atom. The molecule has 0 atom stereocenters. The van der Waals surface area contributed by atoms with Crippen molar-refractivity contribution in [2.24, 2.45) is 5.10 Å². The lowest BCUT2D eigenvalue weighted by Gasteiger charge is -2.09. The molecule has 31 heavy (non-hydrogen) atoms. The first-order valence-electron chi connectivity index (χ1n) is 9.20. The fourth-order valence-corrected chi connectivity index (χ4v) is 3.26. The number of ether oxygens (including phenoxy) is 2. The van der Waals surface area contributed by atoms with Crippen LogP contribution in [-0.2, 0) is 4.79 Å². The molecule has 0 aromatic heterocycles. The summed E-state index contributed by atoms with van der Waals surface area (Å²) >= 11 is 9.23. The van der Waals surface area contributed by atoms with Crippen LogP contribution in [0.3, 0.4) is 0 Å². The van der Waals surface area contributed by atoms with Gasteiger partial charge in [-0.25, -0.2) is 10.2 Å². The molecule has 0 aliphatic rings. The average molecular weight is 502 g/mol. The number of halogens is 2. The third-order valence-corrected chi connectivity index (χ3v) is 5.02. The van der Waals surface area contributed by atoms with Gasteiger partial charge in [-0.1, -0.05) is 23.7 Å². The number of hydrogen-bond acceptors (Lipinski definition) is 5. The number of rotatable bonds is 7. The van der Waals surface area contributed by atoms with Crippen LogP contribution in [0, 0.1) is 6.92 Å². The maximum atomic E-state index is 12.1. The Morgan fingerprint density at radius 2 is 1.84 bits per heavy atom. The molecule has 158 valence electrons. The minimum atomic E-state index is -0.531. The van der Waals surface area contributed by atoms with E-state index in [4.69, 9.17) is 21.1 Å². The molecule has 0 saturated carbocycles. The van der Waals surface area contributed by atoms with E-state index in [9.17, 15) is 9.59 Å². The fraction of sp³-hybridized carbons (Fsp3) is 0.0870. The minimum absolute atomic E-state index is 0.229. The van der Waals surface area contributed by atoms with Gasteiger partial charge in [-0.3, -0.25) is 4.79 Å². The van der Waals surface area contributed by atoms with E-state index in [0.29, 0.717) is 26.6 Å². The van der Waals surface area contributed by atoms with E-state index in [0.717, 1.165) is 11.1 Å². The van der Waals surface area contributed by atoms with E-state index >= 15 is 0 Å². The van der Waals surface area contributed by atoms with Crippen molar-refractivity contribution in [3.05, 3.63) is 92.9 Å². The summed E-state index contributed by atoms with van der Waals surface area (Å²) in [6.07, 6.45) is 1.49. The molecule has 0 heterocycles. The standard InChI is InChI=1S/C23H18BrClN2O4/c1-15-12-17(25)8-11-21(15)30-14-22(28)31-18-9-6-16(7-10-18)13-26-27-23(29)19-4-2-3-5-20(19)24/h2-13H,14H2,1H3,(H,27,29)/b26-13+. The second-order valence-corrected chi connectivity index (χ2v) is 7.71. The Bertz CT molecular complexity index is 1120. The van der Waals surface area contributed by atoms with Gasteiger partial charge in [0.1, 0.15) is 11.5 Å². The van der Waals surface area contributed by atoms with Crippen molar-refractivity contribution in [2.75, 3.05) is 6.61 Å². The van der Waals surface area contributed by atoms with Crippen molar-refractivity contribution >= 4 is 45.6 Å². The Hall–Kier alpha value is -3.16. The molecular weight excluding hydrogens is 484 g/mol. The van der Waals surface area contributed by atoms with Crippen LogP contribution in [-0.4, -0.2) is 24.7 Å². The molecule has 1 N–H and O–H groups in total. The van der Waals surface area contributed by atoms with E-state index in [-0.39, 0.29) is 12.5 Å². The second kappa shape index (κ2) is 10.7. The molecule has 3 rings (SSSR count). The topological polar surface area (TPSA) is 77.0 Å². The van der Waals surface area contributed by atoms with E-state index in [1.54, 1.807) is 60.7 Å². The van der Waals surface area contributed by atoms with Crippen molar-refractivity contribution in [3.8, 4) is 11.5 Å². The quantitative estimate of drug-likeness (QED) is 0.210. The highest BCUT2D eigenvalue weighted by atomic mass is 79.9. The lowest BCUT2D eigenvalue weighted by atomic mass is 10.2. The van der Waals surface area contributed by atoms with Crippen LogP contribution in [0.5, 0.6) is 11.5 Å². The molecular formula is C23H18BrClN2O4. The number of aryl methyl sites for hydroxylation is 1. The van der Waals surface area contributed by atoms with Crippen molar-refractivity contribution in [2.45, 2.75) is 6.92 Å². The SMILES string of the molecule is Cc1cc(Cl)ccc1OCC(=O)Oc1ccc(/C=N/NC(=O)c2ccccc2Br)cc1. The Morgan fingerprint density at radius 3 is 2.55 bits per heavy atom. The molecule has 0 spiro atoms. The predicted molar refractivity (Wildman–Crippen MR) is 123 cm³/mol. The number of nitrogens with zero attached hydrogens (tertiary/aromatic N) is 1. The Balaban J connectivity index is 1.49. The maximum absolute atomic E-state index is 12.1. The summed E-state index contributed by atoms with van der Waals surface area (Å²) in [4.78, 5) is 24.1. The predicted octanol–water partition coefficient (Wildman–Crippen LogP) is 5.16. The van der Waals surface area contributed by atoms with Crippen LogP contribution >= 0.6 is 27.5 Å². The highest BCUT2D eigenvalue weighted by Crippen LogP contribution is 2.22. The van der Waals surface area contributed by atoms with E-state index < -0.39 is 5.97 Å². The highest BCUT2D eigenvalue weighted by molar-refractivity contribution is 9.10.